The van der Waals surface area contributed by atoms with Crippen LogP contribution in [0.5, 0.6) is 0 Å². The third-order valence-electron chi connectivity index (χ3n) is 3.98. The molecule has 1 unspecified atom stereocenters. The van der Waals surface area contributed by atoms with Gasteiger partial charge in [-0.15, -0.1) is 12.4 Å². The molecule has 1 saturated carbocycles. The van der Waals surface area contributed by atoms with Crippen LogP contribution in [-0.4, -0.2) is 16.7 Å². The van der Waals surface area contributed by atoms with Gasteiger partial charge in [-0.05, 0) is 43.4 Å². The van der Waals surface area contributed by atoms with Gasteiger partial charge in [0, 0.05) is 11.6 Å². The summed E-state index contributed by atoms with van der Waals surface area (Å²) in [7, 11) is 0. The van der Waals surface area contributed by atoms with Gasteiger partial charge in [-0.3, -0.25) is 0 Å². The Balaban J connectivity index is 0.00000108. The molecule has 1 aromatic carbocycles. The molecule has 4 rings (SSSR count). The van der Waals surface area contributed by atoms with Crippen LogP contribution in [0, 0.1) is 11.7 Å². The van der Waals surface area contributed by atoms with Crippen molar-refractivity contribution in [2.24, 2.45) is 5.92 Å². The Bertz CT molecular complexity index is 420. The van der Waals surface area contributed by atoms with E-state index in [2.05, 4.69) is 12.2 Å². The fraction of sp³-hybridized carbons (Fsp3) is 0.538. The van der Waals surface area contributed by atoms with E-state index in [1.54, 1.807) is 12.1 Å². The molecule has 1 aliphatic carbocycles. The average molecular weight is 258 g/mol. The van der Waals surface area contributed by atoms with Crippen LogP contribution in [0.15, 0.2) is 24.3 Å². The van der Waals surface area contributed by atoms with Crippen LogP contribution >= 0.6 is 12.4 Å². The van der Waals surface area contributed by atoms with Gasteiger partial charge in [-0.1, -0.05) is 12.1 Å². The van der Waals surface area contributed by atoms with Gasteiger partial charge in [0.25, 0.3) is 0 Å². The minimum atomic E-state index is -0.593. The summed E-state index contributed by atoms with van der Waals surface area (Å²) in [6.45, 7) is 2.18. The Labute approximate surface area is 107 Å². The largest absolute Gasteiger partial charge is 0.387 e. The van der Waals surface area contributed by atoms with Crippen molar-refractivity contribution in [1.29, 1.82) is 0 Å². The van der Waals surface area contributed by atoms with E-state index in [0.717, 1.165) is 12.8 Å². The lowest BCUT2D eigenvalue weighted by Crippen LogP contribution is -2.40. The SMILES string of the molecule is CC12CC(C1)[C@H](C(O)c1cccc(F)c1)N2.Cl. The molecule has 2 heterocycles. The summed E-state index contributed by atoms with van der Waals surface area (Å²) >= 11 is 0. The smallest absolute Gasteiger partial charge is 0.123 e. The molecular weight excluding hydrogens is 241 g/mol. The number of nitrogens with one attached hydrogen (secondary N) is 1. The highest BCUT2D eigenvalue weighted by molar-refractivity contribution is 5.85. The Hall–Kier alpha value is -0.640. The van der Waals surface area contributed by atoms with E-state index in [-0.39, 0.29) is 29.8 Å². The van der Waals surface area contributed by atoms with E-state index in [1.807, 2.05) is 0 Å². The molecule has 1 aromatic rings. The van der Waals surface area contributed by atoms with Gasteiger partial charge in [0.2, 0.25) is 0 Å². The predicted molar refractivity (Wildman–Crippen MR) is 66.7 cm³/mol. The molecular formula is C13H17ClFNO. The monoisotopic (exact) mass is 257 g/mol. The van der Waals surface area contributed by atoms with Crippen LogP contribution in [-0.2, 0) is 0 Å². The summed E-state index contributed by atoms with van der Waals surface area (Å²) < 4.78 is 13.1. The van der Waals surface area contributed by atoms with Crippen LogP contribution in [0.1, 0.15) is 31.4 Å². The third-order valence-corrected chi connectivity index (χ3v) is 3.98. The number of hydrogen-bond donors (Lipinski definition) is 2. The highest BCUT2D eigenvalue weighted by Crippen LogP contribution is 2.50. The number of halogens is 2. The Kier molecular flexibility index (Phi) is 3.19. The van der Waals surface area contributed by atoms with Crippen molar-refractivity contribution < 1.29 is 9.50 Å². The zero-order valence-corrected chi connectivity index (χ0v) is 10.5. The van der Waals surface area contributed by atoms with Crippen molar-refractivity contribution in [2.75, 3.05) is 0 Å². The fourth-order valence-electron chi connectivity index (χ4n) is 3.22. The number of aliphatic hydroxyl groups is 1. The van der Waals surface area contributed by atoms with Crippen molar-refractivity contribution in [3.8, 4) is 0 Å². The van der Waals surface area contributed by atoms with Crippen LogP contribution in [0.25, 0.3) is 0 Å². The third kappa shape index (κ3) is 2.07. The molecule has 2 aliphatic heterocycles. The molecule has 0 aromatic heterocycles. The second kappa shape index (κ2) is 4.23. The first-order valence-corrected chi connectivity index (χ1v) is 5.79. The normalized spacial score (nSPS) is 35.9. The number of hydrogen-bond acceptors (Lipinski definition) is 2. The van der Waals surface area contributed by atoms with E-state index in [0.29, 0.717) is 11.5 Å². The van der Waals surface area contributed by atoms with Crippen LogP contribution < -0.4 is 5.32 Å². The molecule has 0 radical (unpaired) electrons. The van der Waals surface area contributed by atoms with E-state index in [9.17, 15) is 9.50 Å². The summed E-state index contributed by atoms with van der Waals surface area (Å²) in [6.07, 6.45) is 1.67. The minimum absolute atomic E-state index is 0. The van der Waals surface area contributed by atoms with Crippen molar-refractivity contribution in [3.05, 3.63) is 35.6 Å². The van der Waals surface area contributed by atoms with Gasteiger partial charge in [-0.25, -0.2) is 4.39 Å². The molecule has 2 bridgehead atoms. The summed E-state index contributed by atoms with van der Waals surface area (Å²) in [5, 5.41) is 13.7. The summed E-state index contributed by atoms with van der Waals surface area (Å²) in [6, 6.07) is 6.35. The Morgan fingerprint density at radius 1 is 1.47 bits per heavy atom. The number of aliphatic hydroxyl groups excluding tert-OH is 1. The zero-order chi connectivity index (χ0) is 11.3. The highest BCUT2D eigenvalue weighted by atomic mass is 35.5. The number of fused-ring (bicyclic) bond motifs is 1. The second-order valence-corrected chi connectivity index (χ2v) is 5.40. The van der Waals surface area contributed by atoms with Gasteiger partial charge in [0.05, 0.1) is 6.10 Å². The van der Waals surface area contributed by atoms with Gasteiger partial charge in [-0.2, -0.15) is 0 Å². The average Bonchev–Trinajstić information content (AvgIpc) is 2.70. The standard InChI is InChI=1S/C13H16FNO.ClH/c1-13-6-9(7-13)11(15-13)12(16)8-3-2-4-10(14)5-8;/h2-5,9,11-12,15-16H,6-7H2,1H3;1H/t9?,11-,12?,13?;/m1./s1. The zero-order valence-electron chi connectivity index (χ0n) is 9.69. The van der Waals surface area contributed by atoms with Crippen LogP contribution in [0.4, 0.5) is 4.39 Å². The quantitative estimate of drug-likeness (QED) is 0.853. The van der Waals surface area contributed by atoms with Crippen molar-refractivity contribution in [3.63, 3.8) is 0 Å². The predicted octanol–water partition coefficient (Wildman–Crippen LogP) is 2.42. The van der Waals surface area contributed by atoms with E-state index < -0.39 is 6.10 Å². The first-order valence-electron chi connectivity index (χ1n) is 5.79. The second-order valence-electron chi connectivity index (χ2n) is 5.40. The van der Waals surface area contributed by atoms with Gasteiger partial charge in [0.1, 0.15) is 5.82 Å². The van der Waals surface area contributed by atoms with Crippen LogP contribution in [0.3, 0.4) is 0 Å². The van der Waals surface area contributed by atoms with Gasteiger partial charge in [0.15, 0.2) is 0 Å². The molecule has 17 heavy (non-hydrogen) atoms. The Morgan fingerprint density at radius 2 is 2.18 bits per heavy atom. The fourth-order valence-corrected chi connectivity index (χ4v) is 3.22. The maximum Gasteiger partial charge on any atom is 0.123 e. The molecule has 2 saturated heterocycles. The summed E-state index contributed by atoms with van der Waals surface area (Å²) in [5.74, 6) is 0.261. The molecule has 2 nitrogen and oxygen atoms in total. The molecule has 3 aliphatic rings. The number of rotatable bonds is 2. The minimum Gasteiger partial charge on any atom is -0.387 e. The first-order chi connectivity index (χ1) is 7.57. The van der Waals surface area contributed by atoms with Crippen molar-refractivity contribution in [1.82, 2.24) is 5.32 Å². The lowest BCUT2D eigenvalue weighted by Gasteiger charge is -2.33. The highest BCUT2D eigenvalue weighted by Gasteiger charge is 2.54. The maximum absolute atomic E-state index is 13.1. The lowest BCUT2D eigenvalue weighted by molar-refractivity contribution is 0.121. The molecule has 4 heteroatoms. The van der Waals surface area contributed by atoms with E-state index in [1.165, 1.54) is 12.1 Å². The molecule has 0 amide bonds. The van der Waals surface area contributed by atoms with E-state index in [4.69, 9.17) is 0 Å². The molecule has 0 spiro atoms. The summed E-state index contributed by atoms with van der Waals surface area (Å²) in [4.78, 5) is 0. The number of benzene rings is 1. The van der Waals surface area contributed by atoms with Crippen molar-refractivity contribution in [2.45, 2.75) is 37.5 Å². The topological polar surface area (TPSA) is 32.3 Å². The Morgan fingerprint density at radius 3 is 2.71 bits per heavy atom. The molecule has 2 N–H and O–H groups in total. The molecule has 2 atom stereocenters. The van der Waals surface area contributed by atoms with Crippen LogP contribution in [0.2, 0.25) is 0 Å². The summed E-state index contributed by atoms with van der Waals surface area (Å²) in [5.41, 5.74) is 0.887. The molecule has 3 fully saturated rings. The molecule has 94 valence electrons. The van der Waals surface area contributed by atoms with Crippen molar-refractivity contribution >= 4 is 12.4 Å². The lowest BCUT2D eigenvalue weighted by atomic mass is 9.72. The van der Waals surface area contributed by atoms with E-state index >= 15 is 0 Å². The maximum atomic E-state index is 13.1. The van der Waals surface area contributed by atoms with Gasteiger partial charge >= 0.3 is 0 Å². The van der Waals surface area contributed by atoms with Gasteiger partial charge < -0.3 is 10.4 Å². The first kappa shape index (κ1) is 12.8.